The molecular formula is C9H10N2O2. The van der Waals surface area contributed by atoms with Crippen molar-refractivity contribution in [3.8, 4) is 17.8 Å². The largest absolute Gasteiger partial charge is 0.493 e. The maximum atomic E-state index is 9.25. The average molecular weight is 178 g/mol. The van der Waals surface area contributed by atoms with Gasteiger partial charge in [-0.25, -0.2) is 0 Å². The molecule has 1 heterocycles. The van der Waals surface area contributed by atoms with E-state index < -0.39 is 5.88 Å². The Balaban J connectivity index is 3.53. The van der Waals surface area contributed by atoms with Crippen LogP contribution in [-0.4, -0.2) is 15.2 Å². The lowest BCUT2D eigenvalue weighted by atomic mass is 10.0. The first-order valence-electron chi connectivity index (χ1n) is 3.93. The second kappa shape index (κ2) is 3.31. The fourth-order valence-electron chi connectivity index (χ4n) is 1.26. The maximum Gasteiger partial charge on any atom is 0.232 e. The molecule has 0 unspecified atom stereocenters. The molecule has 0 aliphatic carbocycles. The summed E-state index contributed by atoms with van der Waals surface area (Å²) in [6.07, 6.45) is 0.582. The van der Waals surface area contributed by atoms with Gasteiger partial charge in [0.25, 0.3) is 0 Å². The zero-order valence-electron chi connectivity index (χ0n) is 7.50. The van der Waals surface area contributed by atoms with E-state index in [1.165, 1.54) is 0 Å². The number of nitriles is 1. The molecule has 0 aliphatic heterocycles. The molecule has 0 fully saturated rings. The van der Waals surface area contributed by atoms with Crippen molar-refractivity contribution in [2.75, 3.05) is 0 Å². The van der Waals surface area contributed by atoms with Gasteiger partial charge in [0.05, 0.1) is 0 Å². The van der Waals surface area contributed by atoms with Crippen LogP contribution < -0.4 is 0 Å². The minimum absolute atomic E-state index is 0.151. The van der Waals surface area contributed by atoms with Crippen molar-refractivity contribution < 1.29 is 10.2 Å². The van der Waals surface area contributed by atoms with Gasteiger partial charge in [-0.2, -0.15) is 10.2 Å². The van der Waals surface area contributed by atoms with Crippen molar-refractivity contribution in [2.24, 2.45) is 0 Å². The lowest BCUT2D eigenvalue weighted by molar-refractivity contribution is 0.408. The zero-order chi connectivity index (χ0) is 10.0. The van der Waals surface area contributed by atoms with Gasteiger partial charge in [0.15, 0.2) is 0 Å². The maximum absolute atomic E-state index is 9.25. The fourth-order valence-corrected chi connectivity index (χ4v) is 1.26. The van der Waals surface area contributed by atoms with Crippen LogP contribution in [0.1, 0.15) is 23.6 Å². The van der Waals surface area contributed by atoms with Gasteiger partial charge < -0.3 is 10.2 Å². The van der Waals surface area contributed by atoms with Crippen LogP contribution in [-0.2, 0) is 6.42 Å². The fraction of sp³-hybridized carbons (Fsp3) is 0.333. The second-order valence-electron chi connectivity index (χ2n) is 2.70. The molecule has 13 heavy (non-hydrogen) atoms. The summed E-state index contributed by atoms with van der Waals surface area (Å²) in [7, 11) is 0. The van der Waals surface area contributed by atoms with E-state index in [-0.39, 0.29) is 11.4 Å². The Bertz CT molecular complexity index is 380. The summed E-state index contributed by atoms with van der Waals surface area (Å²) < 4.78 is 0. The van der Waals surface area contributed by atoms with Crippen molar-refractivity contribution in [1.29, 1.82) is 5.26 Å². The summed E-state index contributed by atoms with van der Waals surface area (Å²) in [5.74, 6) is -0.615. The zero-order valence-corrected chi connectivity index (χ0v) is 7.50. The van der Waals surface area contributed by atoms with Crippen LogP contribution in [0.4, 0.5) is 0 Å². The highest BCUT2D eigenvalue weighted by Crippen LogP contribution is 2.27. The van der Waals surface area contributed by atoms with Crippen molar-refractivity contribution in [2.45, 2.75) is 20.3 Å². The minimum Gasteiger partial charge on any atom is -0.493 e. The van der Waals surface area contributed by atoms with Crippen LogP contribution in [0.25, 0.3) is 0 Å². The van der Waals surface area contributed by atoms with Crippen molar-refractivity contribution >= 4 is 0 Å². The van der Waals surface area contributed by atoms with Crippen molar-refractivity contribution in [1.82, 2.24) is 4.98 Å². The van der Waals surface area contributed by atoms with E-state index in [0.29, 0.717) is 17.5 Å². The third-order valence-electron chi connectivity index (χ3n) is 1.99. The Labute approximate surface area is 76.1 Å². The van der Waals surface area contributed by atoms with Gasteiger partial charge in [-0.05, 0) is 18.9 Å². The normalized spacial score (nSPS) is 9.62. The predicted molar refractivity (Wildman–Crippen MR) is 46.4 cm³/mol. The Morgan fingerprint density at radius 1 is 1.38 bits per heavy atom. The molecule has 0 aliphatic rings. The van der Waals surface area contributed by atoms with Gasteiger partial charge in [-0.15, -0.1) is 0 Å². The molecule has 1 aromatic heterocycles. The molecule has 0 spiro atoms. The molecule has 68 valence electrons. The van der Waals surface area contributed by atoms with E-state index in [1.807, 2.05) is 13.0 Å². The SMILES string of the molecule is CCc1c(C)c(O)nc(O)c1C#N. The molecule has 0 aromatic carbocycles. The first kappa shape index (κ1) is 9.33. The van der Waals surface area contributed by atoms with Crippen LogP contribution in [0, 0.1) is 18.3 Å². The summed E-state index contributed by atoms with van der Waals surface area (Å²) in [6.45, 7) is 3.52. The van der Waals surface area contributed by atoms with Crippen molar-refractivity contribution in [3.05, 3.63) is 16.7 Å². The minimum atomic E-state index is -0.401. The molecule has 0 saturated heterocycles. The van der Waals surface area contributed by atoms with Gasteiger partial charge in [-0.3, -0.25) is 0 Å². The lowest BCUT2D eigenvalue weighted by Gasteiger charge is -2.07. The average Bonchev–Trinajstić information content (AvgIpc) is 2.10. The van der Waals surface area contributed by atoms with E-state index in [1.54, 1.807) is 6.92 Å². The van der Waals surface area contributed by atoms with Gasteiger partial charge in [0.1, 0.15) is 11.6 Å². The summed E-state index contributed by atoms with van der Waals surface area (Å²) in [6, 6.07) is 1.86. The molecule has 0 bridgehead atoms. The first-order valence-corrected chi connectivity index (χ1v) is 3.93. The van der Waals surface area contributed by atoms with E-state index in [4.69, 9.17) is 5.26 Å². The van der Waals surface area contributed by atoms with Crippen LogP contribution in [0.15, 0.2) is 0 Å². The number of nitrogens with zero attached hydrogens (tertiary/aromatic N) is 2. The highest BCUT2D eigenvalue weighted by molar-refractivity contribution is 5.51. The molecule has 2 N–H and O–H groups in total. The van der Waals surface area contributed by atoms with Crippen LogP contribution in [0.2, 0.25) is 0 Å². The summed E-state index contributed by atoms with van der Waals surface area (Å²) in [4.78, 5) is 3.44. The van der Waals surface area contributed by atoms with Gasteiger partial charge in [-0.1, -0.05) is 6.92 Å². The third kappa shape index (κ3) is 1.41. The number of aromatic nitrogens is 1. The second-order valence-corrected chi connectivity index (χ2v) is 2.70. The smallest absolute Gasteiger partial charge is 0.232 e. The summed E-state index contributed by atoms with van der Waals surface area (Å²) >= 11 is 0. The van der Waals surface area contributed by atoms with Crippen LogP contribution >= 0.6 is 0 Å². The molecule has 4 heteroatoms. The van der Waals surface area contributed by atoms with E-state index in [0.717, 1.165) is 0 Å². The monoisotopic (exact) mass is 178 g/mol. The molecule has 4 nitrogen and oxygen atoms in total. The van der Waals surface area contributed by atoms with Crippen LogP contribution in [0.3, 0.4) is 0 Å². The highest BCUT2D eigenvalue weighted by Gasteiger charge is 2.14. The number of hydrogen-bond acceptors (Lipinski definition) is 4. The highest BCUT2D eigenvalue weighted by atomic mass is 16.3. The lowest BCUT2D eigenvalue weighted by Crippen LogP contribution is -1.96. The number of aromatic hydroxyl groups is 2. The topological polar surface area (TPSA) is 77.1 Å². The molecule has 1 aromatic rings. The molecule has 1 rings (SSSR count). The Morgan fingerprint density at radius 2 is 2.00 bits per heavy atom. The molecule has 0 amide bonds. The van der Waals surface area contributed by atoms with Gasteiger partial charge in [0.2, 0.25) is 11.8 Å². The standard InChI is InChI=1S/C9H10N2O2/c1-3-6-5(2)8(12)11-9(13)7(6)4-10/h3H2,1-2H3,(H2,11,12,13). The Kier molecular flexibility index (Phi) is 2.38. The Morgan fingerprint density at radius 3 is 2.46 bits per heavy atom. The van der Waals surface area contributed by atoms with Crippen LogP contribution in [0.5, 0.6) is 11.8 Å². The molecule has 0 atom stereocenters. The Hall–Kier alpha value is -1.76. The number of pyridine rings is 1. The third-order valence-corrected chi connectivity index (χ3v) is 1.99. The number of rotatable bonds is 1. The number of hydrogen-bond donors (Lipinski definition) is 2. The first-order chi connectivity index (χ1) is 6.11. The van der Waals surface area contributed by atoms with E-state index in [9.17, 15) is 10.2 Å². The van der Waals surface area contributed by atoms with E-state index in [2.05, 4.69) is 4.98 Å². The quantitative estimate of drug-likeness (QED) is 0.678. The van der Waals surface area contributed by atoms with E-state index >= 15 is 0 Å². The molecule has 0 radical (unpaired) electrons. The molecule has 0 saturated carbocycles. The summed E-state index contributed by atoms with van der Waals surface area (Å²) in [5, 5.41) is 27.2. The van der Waals surface area contributed by atoms with Gasteiger partial charge in [0, 0.05) is 5.56 Å². The van der Waals surface area contributed by atoms with Crippen molar-refractivity contribution in [3.63, 3.8) is 0 Å². The predicted octanol–water partition coefficient (Wildman–Crippen LogP) is 1.24. The molecular weight excluding hydrogens is 168 g/mol. The van der Waals surface area contributed by atoms with Gasteiger partial charge >= 0.3 is 0 Å². The summed E-state index contributed by atoms with van der Waals surface area (Å²) in [5.41, 5.74) is 1.35.